The normalized spacial score (nSPS) is 14.7. The van der Waals surface area contributed by atoms with Crippen molar-refractivity contribution in [1.29, 1.82) is 0 Å². The number of hydrogen-bond acceptors (Lipinski definition) is 3. The Balaban J connectivity index is 2.53. The number of aromatic nitrogens is 1. The largest absolute Gasteiger partial charge is 0.392 e. The lowest BCUT2D eigenvalue weighted by molar-refractivity contribution is 0.131. The third-order valence-electron chi connectivity index (χ3n) is 2.89. The molecule has 0 saturated carbocycles. The first-order valence-electron chi connectivity index (χ1n) is 6.08. The fraction of sp³-hybridized carbons (Fsp3) is 0.615. The van der Waals surface area contributed by atoms with Gasteiger partial charge in [0.25, 0.3) is 0 Å². The number of aliphatic hydroxyl groups excluding tert-OH is 1. The average Bonchev–Trinajstić information content (AvgIpc) is 2.32. The molecule has 0 amide bonds. The highest BCUT2D eigenvalue weighted by atomic mass is 16.3. The molecule has 0 bridgehead atoms. The predicted octanol–water partition coefficient (Wildman–Crippen LogP) is 2.07. The highest BCUT2D eigenvalue weighted by molar-refractivity contribution is 5.11. The quantitative estimate of drug-likeness (QED) is 0.694. The zero-order valence-electron chi connectivity index (χ0n) is 9.97. The number of unbranched alkanes of at least 4 members (excludes halogenated alkanes) is 2. The molecule has 0 aromatic carbocycles. The third-order valence-corrected chi connectivity index (χ3v) is 2.89. The second-order valence-electron chi connectivity index (χ2n) is 4.16. The molecule has 0 spiro atoms. The van der Waals surface area contributed by atoms with Gasteiger partial charge in [-0.1, -0.05) is 32.3 Å². The lowest BCUT2D eigenvalue weighted by Gasteiger charge is -2.20. The smallest absolute Gasteiger partial charge is 0.0636 e. The summed E-state index contributed by atoms with van der Waals surface area (Å²) in [5.74, 6) is -0.0296. The number of aliphatic hydroxyl groups is 1. The molecule has 90 valence electrons. The van der Waals surface area contributed by atoms with Crippen LogP contribution in [0.2, 0.25) is 0 Å². The van der Waals surface area contributed by atoms with Crippen molar-refractivity contribution in [1.82, 2.24) is 4.98 Å². The summed E-state index contributed by atoms with van der Waals surface area (Å²) in [6.45, 7) is 2.61. The van der Waals surface area contributed by atoms with Crippen LogP contribution in [0.15, 0.2) is 24.4 Å². The minimum atomic E-state index is -0.369. The molecule has 2 atom stereocenters. The standard InChI is InChI=1S/C13H22N2O/c1-2-3-4-8-13(16)11(10-14)12-7-5-6-9-15-12/h5-7,9,11,13,16H,2-4,8,10,14H2,1H3. The second kappa shape index (κ2) is 7.36. The number of rotatable bonds is 7. The van der Waals surface area contributed by atoms with E-state index in [-0.39, 0.29) is 12.0 Å². The fourth-order valence-electron chi connectivity index (χ4n) is 1.87. The topological polar surface area (TPSA) is 59.1 Å². The van der Waals surface area contributed by atoms with E-state index in [1.54, 1.807) is 6.20 Å². The Kier molecular flexibility index (Phi) is 6.04. The Hall–Kier alpha value is -0.930. The third kappa shape index (κ3) is 3.91. The van der Waals surface area contributed by atoms with Gasteiger partial charge in [0.2, 0.25) is 0 Å². The molecule has 16 heavy (non-hydrogen) atoms. The van der Waals surface area contributed by atoms with Crippen molar-refractivity contribution in [3.8, 4) is 0 Å². The van der Waals surface area contributed by atoms with Gasteiger partial charge in [-0.05, 0) is 18.6 Å². The Bertz CT molecular complexity index is 277. The Morgan fingerprint density at radius 3 is 2.75 bits per heavy atom. The first kappa shape index (κ1) is 13.1. The van der Waals surface area contributed by atoms with Crippen molar-refractivity contribution in [3.05, 3.63) is 30.1 Å². The summed E-state index contributed by atoms with van der Waals surface area (Å²) >= 11 is 0. The molecular weight excluding hydrogens is 200 g/mol. The van der Waals surface area contributed by atoms with Crippen molar-refractivity contribution in [2.75, 3.05) is 6.54 Å². The van der Waals surface area contributed by atoms with Gasteiger partial charge in [0.1, 0.15) is 0 Å². The van der Waals surface area contributed by atoms with Crippen LogP contribution < -0.4 is 5.73 Å². The van der Waals surface area contributed by atoms with Crippen molar-refractivity contribution in [2.45, 2.75) is 44.6 Å². The first-order chi connectivity index (χ1) is 7.79. The minimum absolute atomic E-state index is 0.0296. The molecule has 2 unspecified atom stereocenters. The van der Waals surface area contributed by atoms with Crippen LogP contribution in [0.25, 0.3) is 0 Å². The summed E-state index contributed by atoms with van der Waals surface area (Å²) < 4.78 is 0. The number of nitrogens with zero attached hydrogens (tertiary/aromatic N) is 1. The van der Waals surface area contributed by atoms with Gasteiger partial charge in [-0.15, -0.1) is 0 Å². The van der Waals surface area contributed by atoms with Crippen LogP contribution in [0.3, 0.4) is 0 Å². The van der Waals surface area contributed by atoms with Gasteiger partial charge in [-0.3, -0.25) is 4.98 Å². The van der Waals surface area contributed by atoms with Crippen molar-refractivity contribution in [2.24, 2.45) is 5.73 Å². The summed E-state index contributed by atoms with van der Waals surface area (Å²) in [6, 6.07) is 5.74. The fourth-order valence-corrected chi connectivity index (χ4v) is 1.87. The highest BCUT2D eigenvalue weighted by Crippen LogP contribution is 2.20. The molecule has 1 heterocycles. The van der Waals surface area contributed by atoms with Crippen molar-refractivity contribution >= 4 is 0 Å². The minimum Gasteiger partial charge on any atom is -0.392 e. The van der Waals surface area contributed by atoms with Crippen LogP contribution in [0.4, 0.5) is 0 Å². The molecule has 3 heteroatoms. The molecule has 3 nitrogen and oxygen atoms in total. The molecule has 0 aliphatic rings. The van der Waals surface area contributed by atoms with Crippen LogP contribution in [0, 0.1) is 0 Å². The molecule has 0 saturated heterocycles. The molecule has 3 N–H and O–H groups in total. The SMILES string of the molecule is CCCCCC(O)C(CN)c1ccccn1. The molecule has 0 aliphatic carbocycles. The molecular formula is C13H22N2O. The highest BCUT2D eigenvalue weighted by Gasteiger charge is 2.20. The van der Waals surface area contributed by atoms with Gasteiger partial charge in [0, 0.05) is 24.4 Å². The van der Waals surface area contributed by atoms with Gasteiger partial charge >= 0.3 is 0 Å². The Morgan fingerprint density at radius 1 is 1.38 bits per heavy atom. The monoisotopic (exact) mass is 222 g/mol. The zero-order valence-corrected chi connectivity index (χ0v) is 9.97. The summed E-state index contributed by atoms with van der Waals surface area (Å²) in [4.78, 5) is 4.26. The maximum absolute atomic E-state index is 10.1. The number of hydrogen-bond donors (Lipinski definition) is 2. The maximum atomic E-state index is 10.1. The van der Waals surface area contributed by atoms with Crippen LogP contribution in [0.1, 0.15) is 44.2 Å². The zero-order chi connectivity index (χ0) is 11.8. The van der Waals surface area contributed by atoms with Crippen LogP contribution in [-0.2, 0) is 0 Å². The first-order valence-corrected chi connectivity index (χ1v) is 6.08. The molecule has 1 aromatic rings. The van der Waals surface area contributed by atoms with E-state index < -0.39 is 0 Å². The molecule has 0 aliphatic heterocycles. The summed E-state index contributed by atoms with van der Waals surface area (Å²) in [6.07, 6.45) is 5.58. The number of nitrogens with two attached hydrogens (primary N) is 1. The summed E-state index contributed by atoms with van der Waals surface area (Å²) in [5, 5.41) is 10.1. The average molecular weight is 222 g/mol. The van der Waals surface area contributed by atoms with Crippen LogP contribution >= 0.6 is 0 Å². The van der Waals surface area contributed by atoms with E-state index in [4.69, 9.17) is 5.73 Å². The van der Waals surface area contributed by atoms with Crippen molar-refractivity contribution in [3.63, 3.8) is 0 Å². The number of pyridine rings is 1. The van der Waals surface area contributed by atoms with E-state index in [1.165, 1.54) is 6.42 Å². The molecule has 1 aromatic heterocycles. The molecule has 0 radical (unpaired) electrons. The van der Waals surface area contributed by atoms with E-state index in [1.807, 2.05) is 18.2 Å². The Labute approximate surface area is 97.7 Å². The Morgan fingerprint density at radius 2 is 2.19 bits per heavy atom. The van der Waals surface area contributed by atoms with E-state index in [9.17, 15) is 5.11 Å². The lowest BCUT2D eigenvalue weighted by atomic mass is 9.94. The van der Waals surface area contributed by atoms with Crippen LogP contribution in [0.5, 0.6) is 0 Å². The molecule has 1 rings (SSSR count). The van der Waals surface area contributed by atoms with Crippen LogP contribution in [-0.4, -0.2) is 22.7 Å². The lowest BCUT2D eigenvalue weighted by Crippen LogP contribution is -2.26. The van der Waals surface area contributed by atoms with Gasteiger partial charge in [0.15, 0.2) is 0 Å². The summed E-state index contributed by atoms with van der Waals surface area (Å²) in [5.41, 5.74) is 6.61. The van der Waals surface area contributed by atoms with Crippen molar-refractivity contribution < 1.29 is 5.11 Å². The molecule has 0 fully saturated rings. The van der Waals surface area contributed by atoms with E-state index in [0.29, 0.717) is 6.54 Å². The van der Waals surface area contributed by atoms with E-state index in [0.717, 1.165) is 25.0 Å². The van der Waals surface area contributed by atoms with Gasteiger partial charge in [-0.2, -0.15) is 0 Å². The summed E-state index contributed by atoms with van der Waals surface area (Å²) in [7, 11) is 0. The second-order valence-corrected chi connectivity index (χ2v) is 4.16. The van der Waals surface area contributed by atoms with E-state index in [2.05, 4.69) is 11.9 Å². The van der Waals surface area contributed by atoms with E-state index >= 15 is 0 Å². The predicted molar refractivity (Wildman–Crippen MR) is 66.2 cm³/mol. The van der Waals surface area contributed by atoms with Gasteiger partial charge in [-0.25, -0.2) is 0 Å². The van der Waals surface area contributed by atoms with Gasteiger partial charge < -0.3 is 10.8 Å². The van der Waals surface area contributed by atoms with Gasteiger partial charge in [0.05, 0.1) is 6.10 Å². The maximum Gasteiger partial charge on any atom is 0.0636 e.